The molecule has 2 aromatic carbocycles. The molecular formula is C22H26BrNO4S. The standard InChI is InChI=1S/C22H26BrNO4S/c1-16(2)18-5-3-17(4-6-18)13-24(20-11-12-29(26,27)15-20)22(25)14-28-21-9-7-19(23)8-10-21/h3-10,16,20H,11-15H2,1-2H3/t20-/m1/s1. The van der Waals surface area contributed by atoms with Gasteiger partial charge >= 0.3 is 0 Å². The molecule has 7 heteroatoms. The molecule has 1 aliphatic rings. The Labute approximate surface area is 181 Å². The molecule has 0 aliphatic carbocycles. The maximum Gasteiger partial charge on any atom is 0.261 e. The van der Waals surface area contributed by atoms with Crippen molar-refractivity contribution in [2.24, 2.45) is 0 Å². The van der Waals surface area contributed by atoms with Gasteiger partial charge in [0.15, 0.2) is 16.4 Å². The molecule has 0 radical (unpaired) electrons. The molecule has 3 rings (SSSR count). The van der Waals surface area contributed by atoms with E-state index in [0.29, 0.717) is 24.6 Å². The molecule has 0 bridgehead atoms. The number of carbonyl (C=O) groups excluding carboxylic acids is 1. The van der Waals surface area contributed by atoms with E-state index in [1.807, 2.05) is 24.3 Å². The molecule has 5 nitrogen and oxygen atoms in total. The van der Waals surface area contributed by atoms with E-state index in [1.165, 1.54) is 5.56 Å². The molecular weight excluding hydrogens is 454 g/mol. The fraction of sp³-hybridized carbons (Fsp3) is 0.409. The van der Waals surface area contributed by atoms with Crippen molar-refractivity contribution in [1.29, 1.82) is 0 Å². The summed E-state index contributed by atoms with van der Waals surface area (Å²) < 4.78 is 30.5. The number of hydrogen-bond donors (Lipinski definition) is 0. The third-order valence-corrected chi connectivity index (χ3v) is 7.42. The zero-order chi connectivity index (χ0) is 21.0. The van der Waals surface area contributed by atoms with E-state index in [1.54, 1.807) is 17.0 Å². The van der Waals surface area contributed by atoms with Gasteiger partial charge in [0.05, 0.1) is 11.5 Å². The highest BCUT2D eigenvalue weighted by molar-refractivity contribution is 9.10. The number of carbonyl (C=O) groups is 1. The van der Waals surface area contributed by atoms with E-state index < -0.39 is 9.84 Å². The van der Waals surface area contributed by atoms with Gasteiger partial charge in [-0.15, -0.1) is 0 Å². The average Bonchev–Trinajstić information content (AvgIpc) is 3.05. The van der Waals surface area contributed by atoms with Gasteiger partial charge in [-0.1, -0.05) is 54.0 Å². The average molecular weight is 480 g/mol. The second kappa shape index (κ2) is 9.30. The first kappa shape index (κ1) is 21.8. The van der Waals surface area contributed by atoms with Crippen molar-refractivity contribution >= 4 is 31.7 Å². The van der Waals surface area contributed by atoms with Crippen molar-refractivity contribution in [2.75, 3.05) is 18.1 Å². The first-order valence-electron chi connectivity index (χ1n) is 9.70. The van der Waals surface area contributed by atoms with Crippen molar-refractivity contribution in [3.05, 3.63) is 64.1 Å². The Kier molecular flexibility index (Phi) is 7.01. The van der Waals surface area contributed by atoms with Crippen LogP contribution in [0.2, 0.25) is 0 Å². The minimum absolute atomic E-state index is 0.0150. The first-order chi connectivity index (χ1) is 13.7. The van der Waals surface area contributed by atoms with Gasteiger partial charge in [0.25, 0.3) is 5.91 Å². The minimum Gasteiger partial charge on any atom is -0.484 e. The summed E-state index contributed by atoms with van der Waals surface area (Å²) in [4.78, 5) is 14.6. The van der Waals surface area contributed by atoms with Gasteiger partial charge in [-0.3, -0.25) is 4.79 Å². The van der Waals surface area contributed by atoms with Crippen molar-refractivity contribution in [1.82, 2.24) is 4.90 Å². The van der Waals surface area contributed by atoms with Crippen LogP contribution >= 0.6 is 15.9 Å². The molecule has 29 heavy (non-hydrogen) atoms. The van der Waals surface area contributed by atoms with Crippen LogP contribution < -0.4 is 4.74 Å². The summed E-state index contributed by atoms with van der Waals surface area (Å²) in [5.74, 6) is 0.966. The summed E-state index contributed by atoms with van der Waals surface area (Å²) in [5, 5.41) is 0. The molecule has 0 unspecified atom stereocenters. The molecule has 1 amide bonds. The van der Waals surface area contributed by atoms with Crippen LogP contribution in [0.1, 0.15) is 37.3 Å². The Morgan fingerprint density at radius 3 is 2.34 bits per heavy atom. The lowest BCUT2D eigenvalue weighted by atomic mass is 10.0. The summed E-state index contributed by atoms with van der Waals surface area (Å²) >= 11 is 3.37. The molecule has 1 fully saturated rings. The number of hydrogen-bond acceptors (Lipinski definition) is 4. The summed E-state index contributed by atoms with van der Waals surface area (Å²) in [5.41, 5.74) is 2.21. The molecule has 0 N–H and O–H groups in total. The second-order valence-corrected chi connectivity index (χ2v) is 10.9. The summed E-state index contributed by atoms with van der Waals surface area (Å²) in [6.45, 7) is 4.52. The Balaban J connectivity index is 1.73. The van der Waals surface area contributed by atoms with Gasteiger partial charge in [0, 0.05) is 17.1 Å². The maximum absolute atomic E-state index is 13.0. The van der Waals surface area contributed by atoms with Gasteiger partial charge in [0.1, 0.15) is 5.75 Å². The number of ether oxygens (including phenoxy) is 1. The van der Waals surface area contributed by atoms with E-state index in [0.717, 1.165) is 10.0 Å². The molecule has 2 aromatic rings. The third kappa shape index (κ3) is 6.06. The lowest BCUT2D eigenvalue weighted by molar-refractivity contribution is -0.136. The van der Waals surface area contributed by atoms with E-state index in [2.05, 4.69) is 41.9 Å². The van der Waals surface area contributed by atoms with Crippen LogP contribution in [0.15, 0.2) is 53.0 Å². The van der Waals surface area contributed by atoms with E-state index >= 15 is 0 Å². The predicted molar refractivity (Wildman–Crippen MR) is 118 cm³/mol. The molecule has 156 valence electrons. The number of sulfone groups is 1. The fourth-order valence-electron chi connectivity index (χ4n) is 3.41. The topological polar surface area (TPSA) is 63.7 Å². The van der Waals surface area contributed by atoms with Crippen LogP contribution in [0.25, 0.3) is 0 Å². The Bertz CT molecular complexity index is 940. The maximum atomic E-state index is 13.0. The summed E-state index contributed by atoms with van der Waals surface area (Å²) in [6.07, 6.45) is 0.469. The minimum atomic E-state index is -3.10. The Morgan fingerprint density at radius 1 is 1.14 bits per heavy atom. The smallest absolute Gasteiger partial charge is 0.261 e. The van der Waals surface area contributed by atoms with E-state index in [-0.39, 0.29) is 30.1 Å². The normalized spacial score (nSPS) is 18.0. The van der Waals surface area contributed by atoms with Crippen molar-refractivity contribution in [3.63, 3.8) is 0 Å². The monoisotopic (exact) mass is 479 g/mol. The van der Waals surface area contributed by atoms with Gasteiger partial charge in [-0.2, -0.15) is 0 Å². The molecule has 0 aromatic heterocycles. The van der Waals surface area contributed by atoms with E-state index in [4.69, 9.17) is 4.74 Å². The summed E-state index contributed by atoms with van der Waals surface area (Å²) in [6, 6.07) is 15.1. The molecule has 1 aliphatic heterocycles. The van der Waals surface area contributed by atoms with Gasteiger partial charge in [0.2, 0.25) is 0 Å². The fourth-order valence-corrected chi connectivity index (χ4v) is 5.40. The highest BCUT2D eigenvalue weighted by atomic mass is 79.9. The first-order valence-corrected chi connectivity index (χ1v) is 12.3. The second-order valence-electron chi connectivity index (χ2n) is 7.72. The highest BCUT2D eigenvalue weighted by Gasteiger charge is 2.34. The SMILES string of the molecule is CC(C)c1ccc(CN(C(=O)COc2ccc(Br)cc2)[C@@H]2CCS(=O)(=O)C2)cc1. The third-order valence-electron chi connectivity index (χ3n) is 5.14. The number of rotatable bonds is 7. The zero-order valence-electron chi connectivity index (χ0n) is 16.7. The number of amides is 1. The van der Waals surface area contributed by atoms with Crippen LogP contribution in [0.3, 0.4) is 0 Å². The number of nitrogens with zero attached hydrogens (tertiary/aromatic N) is 1. The highest BCUT2D eigenvalue weighted by Crippen LogP contribution is 2.22. The van der Waals surface area contributed by atoms with Crippen LogP contribution in [0.5, 0.6) is 5.75 Å². The molecule has 1 atom stereocenters. The number of benzene rings is 2. The van der Waals surface area contributed by atoms with Crippen molar-refractivity contribution in [3.8, 4) is 5.75 Å². The number of halogens is 1. The molecule has 1 heterocycles. The quantitative estimate of drug-likeness (QED) is 0.597. The molecule has 0 saturated carbocycles. The van der Waals surface area contributed by atoms with Crippen LogP contribution in [0.4, 0.5) is 0 Å². The Morgan fingerprint density at radius 2 is 1.79 bits per heavy atom. The summed E-state index contributed by atoms with van der Waals surface area (Å²) in [7, 11) is -3.10. The van der Waals surface area contributed by atoms with Crippen molar-refractivity contribution < 1.29 is 17.9 Å². The predicted octanol–water partition coefficient (Wildman–Crippen LogP) is 4.17. The van der Waals surface area contributed by atoms with E-state index in [9.17, 15) is 13.2 Å². The van der Waals surface area contributed by atoms with Crippen LogP contribution in [0, 0.1) is 0 Å². The van der Waals surface area contributed by atoms with Gasteiger partial charge < -0.3 is 9.64 Å². The zero-order valence-corrected chi connectivity index (χ0v) is 19.1. The lowest BCUT2D eigenvalue weighted by Crippen LogP contribution is -2.43. The molecule has 1 saturated heterocycles. The van der Waals surface area contributed by atoms with Gasteiger partial charge in [-0.05, 0) is 47.7 Å². The van der Waals surface area contributed by atoms with Gasteiger partial charge in [-0.25, -0.2) is 8.42 Å². The largest absolute Gasteiger partial charge is 0.484 e. The van der Waals surface area contributed by atoms with Crippen LogP contribution in [-0.2, 0) is 21.2 Å². The molecule has 0 spiro atoms. The van der Waals surface area contributed by atoms with Crippen molar-refractivity contribution in [2.45, 2.75) is 38.8 Å². The Hall–Kier alpha value is -1.86. The van der Waals surface area contributed by atoms with Crippen LogP contribution in [-0.4, -0.2) is 43.4 Å². The lowest BCUT2D eigenvalue weighted by Gasteiger charge is -2.28.